The van der Waals surface area contributed by atoms with Crippen molar-refractivity contribution in [3.05, 3.63) is 173 Å². The van der Waals surface area contributed by atoms with E-state index < -0.39 is 0 Å². The molecule has 6 aromatic rings. The number of esters is 1. The summed E-state index contributed by atoms with van der Waals surface area (Å²) in [4.78, 5) is 16.4. The number of thioether (sulfide) groups is 3. The van der Waals surface area contributed by atoms with Crippen molar-refractivity contribution in [2.24, 2.45) is 5.41 Å². The summed E-state index contributed by atoms with van der Waals surface area (Å²) < 4.78 is 5.97. The molecule has 52 heavy (non-hydrogen) atoms. The Hall–Kier alpha value is -4.42. The van der Waals surface area contributed by atoms with Crippen molar-refractivity contribution in [1.82, 2.24) is 0 Å². The lowest BCUT2D eigenvalue weighted by Crippen LogP contribution is -2.36. The molecule has 0 aromatic heterocycles. The molecule has 0 heterocycles. The number of carbonyl (C=O) groups excluding carboxylic acids is 1. The number of fused-ring (bicyclic) bond motifs is 9. The average Bonchev–Trinajstić information content (AvgIpc) is 3.87. The first-order chi connectivity index (χ1) is 25.5. The van der Waals surface area contributed by atoms with Gasteiger partial charge in [-0.25, -0.2) is 4.79 Å². The summed E-state index contributed by atoms with van der Waals surface area (Å²) in [5, 5.41) is 0. The van der Waals surface area contributed by atoms with Crippen LogP contribution in [0.1, 0.15) is 33.4 Å². The maximum absolute atomic E-state index is 12.6. The van der Waals surface area contributed by atoms with E-state index in [4.69, 9.17) is 4.74 Å². The zero-order valence-corrected chi connectivity index (χ0v) is 31.3. The summed E-state index contributed by atoms with van der Waals surface area (Å²) >= 11 is 5.64. The molecule has 5 heteroatoms. The number of hydrogen-bond acceptors (Lipinski definition) is 5. The van der Waals surface area contributed by atoms with Crippen LogP contribution in [0.2, 0.25) is 0 Å². The zero-order chi connectivity index (χ0) is 35.1. The Balaban J connectivity index is 0.998. The van der Waals surface area contributed by atoms with Gasteiger partial charge in [0.25, 0.3) is 0 Å². The quantitative estimate of drug-likeness (QED) is 0.0708. The van der Waals surface area contributed by atoms with Gasteiger partial charge >= 0.3 is 5.97 Å². The maximum Gasteiger partial charge on any atom is 0.330 e. The first-order valence-corrected chi connectivity index (χ1v) is 20.8. The maximum atomic E-state index is 12.6. The second-order valence-electron chi connectivity index (χ2n) is 14.1. The Morgan fingerprint density at radius 2 is 0.865 bits per heavy atom. The Bertz CT molecular complexity index is 2120. The fourth-order valence-corrected chi connectivity index (χ4v) is 11.7. The van der Waals surface area contributed by atoms with Crippen LogP contribution in [0.3, 0.4) is 0 Å². The van der Waals surface area contributed by atoms with Crippen molar-refractivity contribution in [3.8, 4) is 33.4 Å². The van der Waals surface area contributed by atoms with E-state index in [1.807, 2.05) is 35.3 Å². The fraction of sp³-hybridized carbons (Fsp3) is 0.170. The van der Waals surface area contributed by atoms with E-state index in [-0.39, 0.29) is 11.4 Å². The molecular weight excluding hydrogens is 693 g/mol. The van der Waals surface area contributed by atoms with Crippen molar-refractivity contribution in [3.63, 3.8) is 0 Å². The minimum Gasteiger partial charge on any atom is -0.462 e. The minimum absolute atomic E-state index is 0.315. The highest BCUT2D eigenvalue weighted by Crippen LogP contribution is 2.45. The van der Waals surface area contributed by atoms with Gasteiger partial charge in [-0.15, -0.1) is 35.3 Å². The molecule has 0 fully saturated rings. The van der Waals surface area contributed by atoms with Gasteiger partial charge in [-0.1, -0.05) is 97.6 Å². The summed E-state index contributed by atoms with van der Waals surface area (Å²) in [7, 11) is 0. The second-order valence-corrected chi connectivity index (χ2v) is 17.3. The largest absolute Gasteiger partial charge is 0.462 e. The first-order valence-electron chi connectivity index (χ1n) is 17.9. The molecule has 3 aliphatic rings. The van der Waals surface area contributed by atoms with Gasteiger partial charge < -0.3 is 4.74 Å². The van der Waals surface area contributed by atoms with Crippen LogP contribution >= 0.6 is 35.3 Å². The van der Waals surface area contributed by atoms with E-state index in [0.717, 1.165) is 36.5 Å². The van der Waals surface area contributed by atoms with Gasteiger partial charge in [-0.05, 0) is 122 Å². The predicted octanol–water partition coefficient (Wildman–Crippen LogP) is 11.8. The number of rotatable bonds is 12. The van der Waals surface area contributed by atoms with Gasteiger partial charge in [0.05, 0.1) is 6.61 Å². The number of carbonyl (C=O) groups is 1. The van der Waals surface area contributed by atoms with Crippen LogP contribution in [-0.2, 0) is 28.8 Å². The molecule has 0 saturated heterocycles. The van der Waals surface area contributed by atoms with Gasteiger partial charge in [-0.3, -0.25) is 0 Å². The van der Waals surface area contributed by atoms with Crippen LogP contribution in [0.5, 0.6) is 0 Å². The molecule has 0 atom stereocenters. The summed E-state index contributed by atoms with van der Waals surface area (Å²) in [5.74, 6) is 2.08. The number of hydrogen-bond donors (Lipinski definition) is 0. The molecule has 2 nitrogen and oxygen atoms in total. The summed E-state index contributed by atoms with van der Waals surface area (Å²) in [5.41, 5.74) is 16.1. The molecule has 0 saturated carbocycles. The lowest BCUT2D eigenvalue weighted by Gasteiger charge is -2.33. The minimum atomic E-state index is -0.370. The van der Waals surface area contributed by atoms with E-state index in [1.165, 1.54) is 87.5 Å². The standard InChI is InChI=1S/C47H38O2S3/c1-2-46(48)49-27-47(28-50-37-15-18-43-34(24-37)21-31-9-3-6-12-40(31)43,29-51-38-16-19-44-35(25-38)22-32-10-4-7-13-41(32)44)30-52-39-17-20-45-36(26-39)23-33-11-5-8-14-42(33)45/h2-20,24-26H,1,21-23,27-30H2. The molecule has 256 valence electrons. The molecule has 0 bridgehead atoms. The van der Waals surface area contributed by atoms with E-state index in [0.29, 0.717) is 6.61 Å². The fourth-order valence-electron chi connectivity index (χ4n) is 7.88. The SMILES string of the molecule is C=CC(=O)OCC(CSc1ccc2c(c1)Cc1ccccc1-2)(CSc1ccc2c(c1)Cc1ccccc1-2)CSc1ccc2c(c1)Cc1ccccc1-2. The first kappa shape index (κ1) is 33.4. The molecule has 0 radical (unpaired) electrons. The summed E-state index contributed by atoms with van der Waals surface area (Å²) in [6, 6.07) is 47.0. The smallest absolute Gasteiger partial charge is 0.330 e. The van der Waals surface area contributed by atoms with Gasteiger partial charge in [0.15, 0.2) is 0 Å². The average molecular weight is 731 g/mol. The van der Waals surface area contributed by atoms with Crippen molar-refractivity contribution >= 4 is 41.3 Å². The van der Waals surface area contributed by atoms with E-state index in [9.17, 15) is 4.79 Å². The molecule has 3 aliphatic carbocycles. The number of ether oxygens (including phenoxy) is 1. The molecule has 0 spiro atoms. The second kappa shape index (κ2) is 14.2. The van der Waals surface area contributed by atoms with Crippen molar-refractivity contribution in [1.29, 1.82) is 0 Å². The Morgan fingerprint density at radius 1 is 0.519 bits per heavy atom. The van der Waals surface area contributed by atoms with Crippen LogP contribution < -0.4 is 0 Å². The third-order valence-electron chi connectivity index (χ3n) is 10.6. The van der Waals surface area contributed by atoms with Gasteiger partial charge in [0, 0.05) is 43.4 Å². The van der Waals surface area contributed by atoms with Crippen LogP contribution in [0, 0.1) is 5.41 Å². The van der Waals surface area contributed by atoms with Gasteiger partial charge in [0.1, 0.15) is 0 Å². The third-order valence-corrected chi connectivity index (χ3v) is 14.6. The molecular formula is C47H38O2S3. The highest BCUT2D eigenvalue weighted by atomic mass is 32.2. The van der Waals surface area contributed by atoms with Crippen LogP contribution in [-0.4, -0.2) is 29.8 Å². The topological polar surface area (TPSA) is 26.3 Å². The summed E-state index contributed by atoms with van der Waals surface area (Å²) in [6.07, 6.45) is 4.20. The molecule has 0 N–H and O–H groups in total. The molecule has 9 rings (SSSR count). The van der Waals surface area contributed by atoms with Crippen molar-refractivity contribution in [2.45, 2.75) is 33.9 Å². The Labute approximate surface area is 319 Å². The van der Waals surface area contributed by atoms with Crippen LogP contribution in [0.15, 0.2) is 155 Å². The molecule has 0 amide bonds. The Morgan fingerprint density at radius 3 is 1.23 bits per heavy atom. The number of benzene rings is 6. The molecule has 0 aliphatic heterocycles. The summed E-state index contributed by atoms with van der Waals surface area (Å²) in [6.45, 7) is 4.03. The van der Waals surface area contributed by atoms with Crippen LogP contribution in [0.4, 0.5) is 0 Å². The lowest BCUT2D eigenvalue weighted by molar-refractivity contribution is -0.140. The van der Waals surface area contributed by atoms with E-state index in [2.05, 4.69) is 134 Å². The predicted molar refractivity (Wildman–Crippen MR) is 220 cm³/mol. The van der Waals surface area contributed by atoms with Crippen LogP contribution in [0.25, 0.3) is 33.4 Å². The Kier molecular flexibility index (Phi) is 9.12. The zero-order valence-electron chi connectivity index (χ0n) is 28.9. The van der Waals surface area contributed by atoms with Gasteiger partial charge in [0.2, 0.25) is 0 Å². The highest BCUT2D eigenvalue weighted by molar-refractivity contribution is 8.01. The normalized spacial score (nSPS) is 13.1. The lowest BCUT2D eigenvalue weighted by atomic mass is 9.97. The monoisotopic (exact) mass is 730 g/mol. The van der Waals surface area contributed by atoms with Gasteiger partial charge in [-0.2, -0.15) is 0 Å². The molecule has 6 aromatic carbocycles. The highest BCUT2D eigenvalue weighted by Gasteiger charge is 2.34. The van der Waals surface area contributed by atoms with Crippen molar-refractivity contribution < 1.29 is 9.53 Å². The molecule has 0 unspecified atom stereocenters. The van der Waals surface area contributed by atoms with Crippen molar-refractivity contribution in [2.75, 3.05) is 23.9 Å². The van der Waals surface area contributed by atoms with E-state index >= 15 is 0 Å². The van der Waals surface area contributed by atoms with E-state index in [1.54, 1.807) is 0 Å². The third kappa shape index (κ3) is 6.55.